The average molecular weight is 170 g/mol. The Kier molecular flexibility index (Phi) is 4.02. The number of hydrogen-bond acceptors (Lipinski definition) is 2. The van der Waals surface area contributed by atoms with Crippen molar-refractivity contribution in [1.29, 1.82) is 0 Å². The third kappa shape index (κ3) is 2.20. The summed E-state index contributed by atoms with van der Waals surface area (Å²) in [6.45, 7) is 3.05. The lowest BCUT2D eigenvalue weighted by molar-refractivity contribution is 0.108. The molecule has 1 aliphatic rings. The summed E-state index contributed by atoms with van der Waals surface area (Å²) in [6.07, 6.45) is 6.69. The van der Waals surface area contributed by atoms with Crippen LogP contribution in [0.1, 0.15) is 39.0 Å². The molecule has 1 saturated carbocycles. The highest BCUT2D eigenvalue weighted by Gasteiger charge is 2.25. The maximum absolute atomic E-state index is 5.73. The number of nitrogens with two attached hydrogens (primary N) is 1. The Hall–Kier alpha value is -0.0800. The van der Waals surface area contributed by atoms with E-state index in [0.717, 1.165) is 12.6 Å². The third-order valence-corrected chi connectivity index (χ3v) is 3.12. The molecule has 0 aromatic heterocycles. The lowest BCUT2D eigenvalue weighted by Gasteiger charge is -2.39. The Morgan fingerprint density at radius 2 is 2.17 bits per heavy atom. The average Bonchev–Trinajstić information content (AvgIpc) is 1.96. The molecule has 1 rings (SSSR count). The van der Waals surface area contributed by atoms with Crippen LogP contribution in [0.3, 0.4) is 0 Å². The Morgan fingerprint density at radius 3 is 2.50 bits per heavy atom. The molecule has 0 spiro atoms. The molecular formula is C10H22N2. The van der Waals surface area contributed by atoms with E-state index in [0.29, 0.717) is 6.04 Å². The van der Waals surface area contributed by atoms with Crippen LogP contribution >= 0.6 is 0 Å². The number of rotatable bonds is 5. The first-order chi connectivity index (χ1) is 5.79. The second kappa shape index (κ2) is 4.83. The molecule has 0 aromatic rings. The van der Waals surface area contributed by atoms with Gasteiger partial charge in [-0.2, -0.15) is 0 Å². The third-order valence-electron chi connectivity index (χ3n) is 3.12. The smallest absolute Gasteiger partial charge is 0.0218 e. The molecule has 0 saturated heterocycles. The van der Waals surface area contributed by atoms with E-state index in [-0.39, 0.29) is 0 Å². The van der Waals surface area contributed by atoms with Crippen LogP contribution in [-0.2, 0) is 0 Å². The molecule has 0 aromatic carbocycles. The quantitative estimate of drug-likeness (QED) is 0.679. The van der Waals surface area contributed by atoms with Crippen LogP contribution in [0, 0.1) is 0 Å². The molecule has 2 nitrogen and oxygen atoms in total. The van der Waals surface area contributed by atoms with Crippen molar-refractivity contribution in [3.05, 3.63) is 0 Å². The van der Waals surface area contributed by atoms with Crippen LogP contribution in [0.25, 0.3) is 0 Å². The largest absolute Gasteiger partial charge is 0.329 e. The van der Waals surface area contributed by atoms with Gasteiger partial charge in [-0.3, -0.25) is 4.90 Å². The fourth-order valence-corrected chi connectivity index (χ4v) is 1.91. The van der Waals surface area contributed by atoms with Gasteiger partial charge in [-0.1, -0.05) is 19.8 Å². The summed E-state index contributed by atoms with van der Waals surface area (Å²) in [6, 6.07) is 1.46. The summed E-state index contributed by atoms with van der Waals surface area (Å²) < 4.78 is 0. The van der Waals surface area contributed by atoms with E-state index in [9.17, 15) is 0 Å². The summed E-state index contributed by atoms with van der Waals surface area (Å²) in [5.74, 6) is 0. The summed E-state index contributed by atoms with van der Waals surface area (Å²) in [4.78, 5) is 2.49. The molecule has 1 aliphatic carbocycles. The van der Waals surface area contributed by atoms with E-state index in [1.54, 1.807) is 0 Å². The second-order valence-electron chi connectivity index (χ2n) is 3.93. The van der Waals surface area contributed by atoms with Gasteiger partial charge in [0.15, 0.2) is 0 Å². The zero-order valence-electron chi connectivity index (χ0n) is 8.42. The van der Waals surface area contributed by atoms with Crippen LogP contribution in [0.4, 0.5) is 0 Å². The minimum absolute atomic E-state index is 0.625. The highest BCUT2D eigenvalue weighted by Crippen LogP contribution is 2.25. The van der Waals surface area contributed by atoms with Gasteiger partial charge in [0, 0.05) is 18.6 Å². The first-order valence-corrected chi connectivity index (χ1v) is 5.21. The number of nitrogens with zero attached hydrogens (tertiary/aromatic N) is 1. The van der Waals surface area contributed by atoms with Gasteiger partial charge < -0.3 is 5.73 Å². The molecule has 72 valence electrons. The molecule has 0 radical (unpaired) electrons. The Bertz CT molecular complexity index is 121. The van der Waals surface area contributed by atoms with Crippen molar-refractivity contribution in [2.45, 2.75) is 51.1 Å². The minimum Gasteiger partial charge on any atom is -0.329 e. The topological polar surface area (TPSA) is 29.3 Å². The molecule has 1 unspecified atom stereocenters. The van der Waals surface area contributed by atoms with Gasteiger partial charge in [-0.05, 0) is 26.3 Å². The molecule has 2 heteroatoms. The fourth-order valence-electron chi connectivity index (χ4n) is 1.91. The summed E-state index contributed by atoms with van der Waals surface area (Å²) in [5.41, 5.74) is 5.73. The Balaban J connectivity index is 2.29. The maximum Gasteiger partial charge on any atom is 0.0218 e. The van der Waals surface area contributed by atoms with E-state index in [1.165, 1.54) is 32.1 Å². The van der Waals surface area contributed by atoms with E-state index in [2.05, 4.69) is 18.9 Å². The zero-order valence-corrected chi connectivity index (χ0v) is 8.42. The van der Waals surface area contributed by atoms with Crippen molar-refractivity contribution in [2.75, 3.05) is 13.6 Å². The molecular weight excluding hydrogens is 148 g/mol. The molecule has 0 aliphatic heterocycles. The first-order valence-electron chi connectivity index (χ1n) is 5.21. The van der Waals surface area contributed by atoms with Gasteiger partial charge in [-0.25, -0.2) is 0 Å². The van der Waals surface area contributed by atoms with Crippen molar-refractivity contribution >= 4 is 0 Å². The SMILES string of the molecule is CCCC(CN)N(C)C1CCC1. The Labute approximate surface area is 76.1 Å². The lowest BCUT2D eigenvalue weighted by atomic mass is 9.90. The van der Waals surface area contributed by atoms with Crippen molar-refractivity contribution in [3.8, 4) is 0 Å². The first kappa shape index (κ1) is 10.0. The normalized spacial score (nSPS) is 21.0. The molecule has 1 fully saturated rings. The maximum atomic E-state index is 5.73. The van der Waals surface area contributed by atoms with Crippen molar-refractivity contribution in [2.24, 2.45) is 5.73 Å². The number of likely N-dealkylation sites (N-methyl/N-ethyl adjacent to an activating group) is 1. The van der Waals surface area contributed by atoms with E-state index < -0.39 is 0 Å². The molecule has 0 heterocycles. The monoisotopic (exact) mass is 170 g/mol. The molecule has 1 atom stereocenters. The van der Waals surface area contributed by atoms with E-state index in [1.807, 2.05) is 0 Å². The predicted molar refractivity (Wildman–Crippen MR) is 53.2 cm³/mol. The molecule has 0 bridgehead atoms. The zero-order chi connectivity index (χ0) is 8.97. The Morgan fingerprint density at radius 1 is 1.50 bits per heavy atom. The van der Waals surface area contributed by atoms with Crippen LogP contribution in [-0.4, -0.2) is 30.6 Å². The van der Waals surface area contributed by atoms with Crippen LogP contribution in [0.15, 0.2) is 0 Å². The van der Waals surface area contributed by atoms with Crippen molar-refractivity contribution in [1.82, 2.24) is 4.90 Å². The molecule has 0 amide bonds. The van der Waals surface area contributed by atoms with Gasteiger partial charge >= 0.3 is 0 Å². The van der Waals surface area contributed by atoms with Gasteiger partial charge in [0.1, 0.15) is 0 Å². The second-order valence-corrected chi connectivity index (χ2v) is 3.93. The molecule has 2 N–H and O–H groups in total. The van der Waals surface area contributed by atoms with Gasteiger partial charge in [-0.15, -0.1) is 0 Å². The number of hydrogen-bond donors (Lipinski definition) is 1. The highest BCUT2D eigenvalue weighted by molar-refractivity contribution is 4.82. The van der Waals surface area contributed by atoms with Crippen LogP contribution in [0.5, 0.6) is 0 Å². The summed E-state index contributed by atoms with van der Waals surface area (Å²) >= 11 is 0. The minimum atomic E-state index is 0.625. The van der Waals surface area contributed by atoms with Crippen LogP contribution < -0.4 is 5.73 Å². The summed E-state index contributed by atoms with van der Waals surface area (Å²) in [7, 11) is 2.23. The van der Waals surface area contributed by atoms with Crippen molar-refractivity contribution < 1.29 is 0 Å². The van der Waals surface area contributed by atoms with Gasteiger partial charge in [0.25, 0.3) is 0 Å². The van der Waals surface area contributed by atoms with Gasteiger partial charge in [0.05, 0.1) is 0 Å². The van der Waals surface area contributed by atoms with Crippen molar-refractivity contribution in [3.63, 3.8) is 0 Å². The van der Waals surface area contributed by atoms with Gasteiger partial charge in [0.2, 0.25) is 0 Å². The highest BCUT2D eigenvalue weighted by atomic mass is 15.2. The van der Waals surface area contributed by atoms with E-state index >= 15 is 0 Å². The fraction of sp³-hybridized carbons (Fsp3) is 1.00. The lowest BCUT2D eigenvalue weighted by Crippen LogP contribution is -2.47. The summed E-state index contributed by atoms with van der Waals surface area (Å²) in [5, 5.41) is 0. The molecule has 12 heavy (non-hydrogen) atoms. The van der Waals surface area contributed by atoms with E-state index in [4.69, 9.17) is 5.73 Å². The standard InChI is InChI=1S/C10H22N2/c1-3-5-10(8-11)12(2)9-6-4-7-9/h9-10H,3-8,11H2,1-2H3. The van der Waals surface area contributed by atoms with Crippen LogP contribution in [0.2, 0.25) is 0 Å². The predicted octanol–water partition coefficient (Wildman–Crippen LogP) is 1.60.